The van der Waals surface area contributed by atoms with Crippen molar-refractivity contribution < 1.29 is 13.9 Å². The fraction of sp³-hybridized carbons (Fsp3) is 0.0769. The number of hydrogen-bond donors (Lipinski definition) is 0. The lowest BCUT2D eigenvalue weighted by molar-refractivity contribution is 0.109. The molecule has 4 heteroatoms. The van der Waals surface area contributed by atoms with Crippen LogP contribution in [-0.2, 0) is 6.61 Å². The number of carbonyl (C=O) groups excluding carboxylic acids is 1. The van der Waals surface area contributed by atoms with Crippen molar-refractivity contribution in [3.05, 3.63) is 53.5 Å². The summed E-state index contributed by atoms with van der Waals surface area (Å²) in [6.07, 6.45) is 0.632. The summed E-state index contributed by atoms with van der Waals surface area (Å²) in [6, 6.07) is 12.2. The maximum absolute atomic E-state index is 10.4. The van der Waals surface area contributed by atoms with Crippen molar-refractivity contribution in [1.82, 2.24) is 0 Å². The van der Waals surface area contributed by atoms with Crippen LogP contribution in [0.4, 0.5) is 0 Å². The Labute approximate surface area is 98.0 Å². The number of para-hydroxylation sites is 1. The van der Waals surface area contributed by atoms with Crippen molar-refractivity contribution in [3.8, 4) is 11.8 Å². The molecular formula is C13H9NO3. The molecule has 2 aromatic rings. The summed E-state index contributed by atoms with van der Waals surface area (Å²) in [5, 5.41) is 8.86. The number of benzene rings is 1. The third kappa shape index (κ3) is 2.52. The molecule has 4 nitrogen and oxygen atoms in total. The van der Waals surface area contributed by atoms with Gasteiger partial charge in [-0.05, 0) is 24.3 Å². The number of nitrogens with zero attached hydrogens (tertiary/aromatic N) is 1. The molecule has 0 N–H and O–H groups in total. The number of furan rings is 1. The highest BCUT2D eigenvalue weighted by Gasteiger charge is 2.05. The predicted molar refractivity (Wildman–Crippen MR) is 59.6 cm³/mol. The summed E-state index contributed by atoms with van der Waals surface area (Å²) in [7, 11) is 0. The van der Waals surface area contributed by atoms with Gasteiger partial charge in [-0.25, -0.2) is 0 Å². The summed E-state index contributed by atoms with van der Waals surface area (Å²) >= 11 is 0. The Kier molecular flexibility index (Phi) is 3.22. The van der Waals surface area contributed by atoms with Crippen LogP contribution in [0.2, 0.25) is 0 Å². The second kappa shape index (κ2) is 4.99. The van der Waals surface area contributed by atoms with E-state index >= 15 is 0 Å². The number of hydrogen-bond acceptors (Lipinski definition) is 4. The van der Waals surface area contributed by atoms with Crippen LogP contribution in [0.1, 0.15) is 21.9 Å². The molecule has 0 fully saturated rings. The Hall–Kier alpha value is -2.54. The van der Waals surface area contributed by atoms with Crippen LogP contribution in [0.5, 0.6) is 5.75 Å². The van der Waals surface area contributed by atoms with Crippen LogP contribution < -0.4 is 4.74 Å². The molecule has 84 valence electrons. The summed E-state index contributed by atoms with van der Waals surface area (Å²) in [4.78, 5) is 10.4. The zero-order chi connectivity index (χ0) is 12.1. The van der Waals surface area contributed by atoms with Gasteiger partial charge in [0.25, 0.3) is 0 Å². The first-order valence-electron chi connectivity index (χ1n) is 4.99. The van der Waals surface area contributed by atoms with Crippen LogP contribution in [0.25, 0.3) is 0 Å². The minimum Gasteiger partial charge on any atom is -0.484 e. The SMILES string of the molecule is N#Cc1ccccc1OCc1ccc(C=O)o1. The molecule has 0 amide bonds. The van der Waals surface area contributed by atoms with Gasteiger partial charge >= 0.3 is 0 Å². The third-order valence-electron chi connectivity index (χ3n) is 2.18. The van der Waals surface area contributed by atoms with Gasteiger partial charge in [0.1, 0.15) is 24.2 Å². The topological polar surface area (TPSA) is 63.2 Å². The smallest absolute Gasteiger partial charge is 0.185 e. The Morgan fingerprint density at radius 2 is 2.12 bits per heavy atom. The highest BCUT2D eigenvalue weighted by atomic mass is 16.5. The zero-order valence-electron chi connectivity index (χ0n) is 8.92. The van der Waals surface area contributed by atoms with Crippen LogP contribution >= 0.6 is 0 Å². The highest BCUT2D eigenvalue weighted by Crippen LogP contribution is 2.18. The van der Waals surface area contributed by atoms with Crippen LogP contribution in [0.3, 0.4) is 0 Å². The summed E-state index contributed by atoms with van der Waals surface area (Å²) in [6.45, 7) is 0.187. The summed E-state index contributed by atoms with van der Waals surface area (Å²) < 4.78 is 10.6. The maximum atomic E-state index is 10.4. The average Bonchev–Trinajstić information content (AvgIpc) is 2.84. The molecular weight excluding hydrogens is 218 g/mol. The molecule has 1 aromatic heterocycles. The van der Waals surface area contributed by atoms with E-state index in [0.29, 0.717) is 23.4 Å². The first-order valence-corrected chi connectivity index (χ1v) is 4.99. The van der Waals surface area contributed by atoms with Gasteiger partial charge in [0.2, 0.25) is 0 Å². The van der Waals surface area contributed by atoms with E-state index in [1.54, 1.807) is 36.4 Å². The van der Waals surface area contributed by atoms with E-state index in [0.717, 1.165) is 0 Å². The van der Waals surface area contributed by atoms with Crippen LogP contribution in [-0.4, -0.2) is 6.29 Å². The Morgan fingerprint density at radius 3 is 2.82 bits per heavy atom. The molecule has 1 aromatic carbocycles. The number of rotatable bonds is 4. The van der Waals surface area contributed by atoms with Gasteiger partial charge in [-0.15, -0.1) is 0 Å². The molecule has 0 spiro atoms. The minimum absolute atomic E-state index is 0.187. The van der Waals surface area contributed by atoms with E-state index < -0.39 is 0 Å². The maximum Gasteiger partial charge on any atom is 0.185 e. The van der Waals surface area contributed by atoms with Crippen LogP contribution in [0.15, 0.2) is 40.8 Å². The normalized spacial score (nSPS) is 9.59. The van der Waals surface area contributed by atoms with E-state index in [9.17, 15) is 4.79 Å². The van der Waals surface area contributed by atoms with Gasteiger partial charge in [0.15, 0.2) is 12.0 Å². The fourth-order valence-corrected chi connectivity index (χ4v) is 1.37. The molecule has 1 heterocycles. The molecule has 0 aliphatic rings. The highest BCUT2D eigenvalue weighted by molar-refractivity contribution is 5.70. The summed E-state index contributed by atoms with van der Waals surface area (Å²) in [5.74, 6) is 1.30. The van der Waals surface area contributed by atoms with E-state index in [-0.39, 0.29) is 12.4 Å². The molecule has 0 atom stereocenters. The molecule has 0 aliphatic heterocycles. The number of carbonyl (C=O) groups is 1. The summed E-state index contributed by atoms with van der Waals surface area (Å²) in [5.41, 5.74) is 0.467. The first-order chi connectivity index (χ1) is 8.33. The largest absolute Gasteiger partial charge is 0.484 e. The Balaban J connectivity index is 2.07. The Bertz CT molecular complexity index is 566. The van der Waals surface area contributed by atoms with Gasteiger partial charge in [0, 0.05) is 0 Å². The number of nitriles is 1. The molecule has 0 aliphatic carbocycles. The van der Waals surface area contributed by atoms with E-state index in [2.05, 4.69) is 0 Å². The molecule has 0 saturated heterocycles. The van der Waals surface area contributed by atoms with Gasteiger partial charge < -0.3 is 9.15 Å². The van der Waals surface area contributed by atoms with Crippen molar-refractivity contribution in [2.45, 2.75) is 6.61 Å². The minimum atomic E-state index is 0.187. The number of ether oxygens (including phenoxy) is 1. The molecule has 0 unspecified atom stereocenters. The van der Waals surface area contributed by atoms with Crippen molar-refractivity contribution >= 4 is 6.29 Å². The van der Waals surface area contributed by atoms with Gasteiger partial charge in [0.05, 0.1) is 5.56 Å². The fourth-order valence-electron chi connectivity index (χ4n) is 1.37. The van der Waals surface area contributed by atoms with Crippen molar-refractivity contribution in [2.24, 2.45) is 0 Å². The van der Waals surface area contributed by atoms with Crippen molar-refractivity contribution in [2.75, 3.05) is 0 Å². The first kappa shape index (κ1) is 11.0. The van der Waals surface area contributed by atoms with E-state index in [4.69, 9.17) is 14.4 Å². The monoisotopic (exact) mass is 227 g/mol. The Morgan fingerprint density at radius 1 is 1.29 bits per heavy atom. The zero-order valence-corrected chi connectivity index (χ0v) is 8.92. The third-order valence-corrected chi connectivity index (χ3v) is 2.18. The quantitative estimate of drug-likeness (QED) is 0.753. The molecule has 17 heavy (non-hydrogen) atoms. The van der Waals surface area contributed by atoms with Gasteiger partial charge in [-0.3, -0.25) is 4.79 Å². The molecule has 0 radical (unpaired) electrons. The number of aldehydes is 1. The average molecular weight is 227 g/mol. The van der Waals surface area contributed by atoms with Crippen LogP contribution in [0, 0.1) is 11.3 Å². The van der Waals surface area contributed by atoms with Crippen molar-refractivity contribution in [1.29, 1.82) is 5.26 Å². The second-order valence-corrected chi connectivity index (χ2v) is 3.32. The standard InChI is InChI=1S/C13H9NO3/c14-7-10-3-1-2-4-13(10)16-9-12-6-5-11(8-15)17-12/h1-6,8H,9H2. The molecule has 2 rings (SSSR count). The lowest BCUT2D eigenvalue weighted by Gasteiger charge is -2.05. The second-order valence-electron chi connectivity index (χ2n) is 3.32. The molecule has 0 saturated carbocycles. The lowest BCUT2D eigenvalue weighted by atomic mass is 10.2. The van der Waals surface area contributed by atoms with Gasteiger partial charge in [-0.1, -0.05) is 12.1 Å². The predicted octanol–water partition coefficient (Wildman–Crippen LogP) is 2.54. The lowest BCUT2D eigenvalue weighted by Crippen LogP contribution is -1.95. The van der Waals surface area contributed by atoms with Gasteiger partial charge in [-0.2, -0.15) is 5.26 Å². The molecule has 0 bridgehead atoms. The van der Waals surface area contributed by atoms with E-state index in [1.807, 2.05) is 6.07 Å². The van der Waals surface area contributed by atoms with Crippen molar-refractivity contribution in [3.63, 3.8) is 0 Å². The van der Waals surface area contributed by atoms with E-state index in [1.165, 1.54) is 0 Å².